The number of hydrogen-bond donors (Lipinski definition) is 1. The van der Waals surface area contributed by atoms with Gasteiger partial charge in [0.15, 0.2) is 0 Å². The Hall–Kier alpha value is -1.64. The molecule has 76 valence electrons. The smallest absolute Gasteiger partial charge is 0.257 e. The number of carbonyl (C=O) groups excluding carboxylic acids is 2. The lowest BCUT2D eigenvalue weighted by Crippen LogP contribution is -2.23. The molecule has 2 amide bonds. The van der Waals surface area contributed by atoms with Gasteiger partial charge < -0.3 is 0 Å². The van der Waals surface area contributed by atoms with Gasteiger partial charge in [-0.3, -0.25) is 14.9 Å². The van der Waals surface area contributed by atoms with Crippen LogP contribution < -0.4 is 5.32 Å². The first kappa shape index (κ1) is 12.4. The largest absolute Gasteiger partial charge is 0.295 e. The van der Waals surface area contributed by atoms with Crippen molar-refractivity contribution in [3.05, 3.63) is 36.0 Å². The van der Waals surface area contributed by atoms with Crippen molar-refractivity contribution >= 4 is 12.3 Å². The van der Waals surface area contributed by atoms with E-state index in [9.17, 15) is 9.59 Å². The SMILES string of the molecule is C=C/C(C(=O)NC=O)=C(\C=C/C)CC. The van der Waals surface area contributed by atoms with Crippen molar-refractivity contribution in [3.8, 4) is 0 Å². The van der Waals surface area contributed by atoms with Crippen LogP contribution >= 0.6 is 0 Å². The van der Waals surface area contributed by atoms with Crippen LogP contribution in [0.5, 0.6) is 0 Å². The first-order valence-electron chi connectivity index (χ1n) is 4.44. The minimum absolute atomic E-state index is 0.370. The summed E-state index contributed by atoms with van der Waals surface area (Å²) in [6, 6.07) is 0. The Morgan fingerprint density at radius 3 is 2.50 bits per heavy atom. The lowest BCUT2D eigenvalue weighted by molar-refractivity contribution is -0.122. The van der Waals surface area contributed by atoms with Crippen LogP contribution in [0, 0.1) is 0 Å². The molecule has 14 heavy (non-hydrogen) atoms. The molecule has 0 radical (unpaired) electrons. The summed E-state index contributed by atoms with van der Waals surface area (Å²) in [5.41, 5.74) is 1.31. The fourth-order valence-electron chi connectivity index (χ4n) is 1.10. The van der Waals surface area contributed by atoms with Gasteiger partial charge in [0.05, 0.1) is 0 Å². The van der Waals surface area contributed by atoms with E-state index in [1.807, 2.05) is 26.0 Å². The molecular formula is C11H15NO2. The highest BCUT2D eigenvalue weighted by Gasteiger charge is 2.08. The summed E-state index contributed by atoms with van der Waals surface area (Å²) < 4.78 is 0. The molecule has 0 spiro atoms. The Labute approximate surface area is 84.2 Å². The van der Waals surface area contributed by atoms with Crippen molar-refractivity contribution in [2.75, 3.05) is 0 Å². The molecule has 0 aliphatic rings. The predicted octanol–water partition coefficient (Wildman–Crippen LogP) is 1.73. The van der Waals surface area contributed by atoms with E-state index in [2.05, 4.69) is 11.9 Å². The minimum atomic E-state index is -0.412. The van der Waals surface area contributed by atoms with E-state index in [4.69, 9.17) is 0 Å². The minimum Gasteiger partial charge on any atom is -0.295 e. The van der Waals surface area contributed by atoms with Gasteiger partial charge in [0.1, 0.15) is 0 Å². The zero-order valence-corrected chi connectivity index (χ0v) is 8.54. The predicted molar refractivity (Wildman–Crippen MR) is 56.5 cm³/mol. The number of hydrogen-bond acceptors (Lipinski definition) is 2. The standard InChI is InChI=1S/C11H15NO2/c1-4-7-9(5-2)10(6-3)11(14)12-8-13/h4,6-8H,3,5H2,1-2H3,(H,12,13,14)/b7-4-,10-9+. The molecule has 1 N–H and O–H groups in total. The molecule has 0 aliphatic heterocycles. The summed E-state index contributed by atoms with van der Waals surface area (Å²) in [5.74, 6) is -0.412. The Bertz CT molecular complexity index is 288. The van der Waals surface area contributed by atoms with Crippen LogP contribution in [-0.4, -0.2) is 12.3 Å². The molecule has 3 heteroatoms. The van der Waals surface area contributed by atoms with Gasteiger partial charge in [-0.2, -0.15) is 0 Å². The second-order valence-electron chi connectivity index (χ2n) is 2.59. The van der Waals surface area contributed by atoms with Crippen LogP contribution in [0.15, 0.2) is 36.0 Å². The highest BCUT2D eigenvalue weighted by Crippen LogP contribution is 2.11. The summed E-state index contributed by atoms with van der Waals surface area (Å²) in [6.45, 7) is 7.35. The van der Waals surface area contributed by atoms with E-state index in [0.717, 1.165) is 12.0 Å². The summed E-state index contributed by atoms with van der Waals surface area (Å²) in [6.07, 6.45) is 6.22. The molecule has 3 nitrogen and oxygen atoms in total. The third kappa shape index (κ3) is 3.39. The first-order valence-corrected chi connectivity index (χ1v) is 4.44. The third-order valence-corrected chi connectivity index (χ3v) is 1.73. The summed E-state index contributed by atoms with van der Waals surface area (Å²) in [7, 11) is 0. The van der Waals surface area contributed by atoms with Crippen LogP contribution in [-0.2, 0) is 9.59 Å². The fraction of sp³-hybridized carbons (Fsp3) is 0.273. The average molecular weight is 193 g/mol. The fourth-order valence-corrected chi connectivity index (χ4v) is 1.10. The molecule has 0 heterocycles. The molecule has 0 saturated carbocycles. The van der Waals surface area contributed by atoms with Gasteiger partial charge in [0, 0.05) is 5.57 Å². The average Bonchev–Trinajstić information content (AvgIpc) is 2.18. The van der Waals surface area contributed by atoms with Gasteiger partial charge in [-0.1, -0.05) is 31.7 Å². The van der Waals surface area contributed by atoms with Crippen molar-refractivity contribution in [2.24, 2.45) is 0 Å². The van der Waals surface area contributed by atoms with Gasteiger partial charge in [-0.15, -0.1) is 0 Å². The molecule has 0 rings (SSSR count). The van der Waals surface area contributed by atoms with Crippen molar-refractivity contribution in [2.45, 2.75) is 20.3 Å². The maximum Gasteiger partial charge on any atom is 0.257 e. The Morgan fingerprint density at radius 2 is 2.14 bits per heavy atom. The summed E-state index contributed by atoms with van der Waals surface area (Å²) in [4.78, 5) is 21.4. The van der Waals surface area contributed by atoms with E-state index < -0.39 is 5.91 Å². The first-order chi connectivity index (χ1) is 6.71. The van der Waals surface area contributed by atoms with Crippen LogP contribution in [0.3, 0.4) is 0 Å². The molecule has 0 aliphatic carbocycles. The quantitative estimate of drug-likeness (QED) is 0.410. The Kier molecular flexibility index (Phi) is 6.03. The second-order valence-corrected chi connectivity index (χ2v) is 2.59. The monoisotopic (exact) mass is 193 g/mol. The van der Waals surface area contributed by atoms with Crippen LogP contribution in [0.25, 0.3) is 0 Å². The molecule has 0 aromatic rings. The summed E-state index contributed by atoms with van der Waals surface area (Å²) >= 11 is 0. The van der Waals surface area contributed by atoms with E-state index in [-0.39, 0.29) is 0 Å². The molecule has 0 unspecified atom stereocenters. The van der Waals surface area contributed by atoms with Gasteiger partial charge in [-0.05, 0) is 18.9 Å². The van der Waals surface area contributed by atoms with Gasteiger partial charge >= 0.3 is 0 Å². The number of carbonyl (C=O) groups is 2. The number of rotatable bonds is 5. The topological polar surface area (TPSA) is 46.2 Å². The van der Waals surface area contributed by atoms with Gasteiger partial charge in [0.2, 0.25) is 6.41 Å². The number of allylic oxidation sites excluding steroid dienone is 3. The Morgan fingerprint density at radius 1 is 1.50 bits per heavy atom. The van der Waals surface area contributed by atoms with Crippen molar-refractivity contribution in [1.82, 2.24) is 5.32 Å². The number of amides is 2. The van der Waals surface area contributed by atoms with Crippen LogP contribution in [0.4, 0.5) is 0 Å². The highest BCUT2D eigenvalue weighted by molar-refractivity contribution is 6.02. The van der Waals surface area contributed by atoms with Gasteiger partial charge in [-0.25, -0.2) is 0 Å². The lowest BCUT2D eigenvalue weighted by atomic mass is 10.0. The maximum absolute atomic E-state index is 11.3. The molecule has 0 bridgehead atoms. The number of imide groups is 1. The summed E-state index contributed by atoms with van der Waals surface area (Å²) in [5, 5.41) is 2.09. The second kappa shape index (κ2) is 6.83. The van der Waals surface area contributed by atoms with Crippen LogP contribution in [0.1, 0.15) is 20.3 Å². The molecule has 0 saturated heterocycles. The molecular weight excluding hydrogens is 178 g/mol. The van der Waals surface area contributed by atoms with Crippen molar-refractivity contribution in [3.63, 3.8) is 0 Å². The van der Waals surface area contributed by atoms with E-state index in [0.29, 0.717) is 12.0 Å². The zero-order chi connectivity index (χ0) is 11.0. The maximum atomic E-state index is 11.3. The highest BCUT2D eigenvalue weighted by atomic mass is 16.2. The van der Waals surface area contributed by atoms with E-state index in [1.54, 1.807) is 0 Å². The van der Waals surface area contributed by atoms with Crippen molar-refractivity contribution < 1.29 is 9.59 Å². The lowest BCUT2D eigenvalue weighted by Gasteiger charge is -2.04. The van der Waals surface area contributed by atoms with Crippen molar-refractivity contribution in [1.29, 1.82) is 0 Å². The molecule has 0 fully saturated rings. The zero-order valence-electron chi connectivity index (χ0n) is 8.54. The number of nitrogens with one attached hydrogen (secondary N) is 1. The molecule has 0 aromatic heterocycles. The third-order valence-electron chi connectivity index (χ3n) is 1.73. The van der Waals surface area contributed by atoms with Crippen LogP contribution in [0.2, 0.25) is 0 Å². The molecule has 0 aromatic carbocycles. The van der Waals surface area contributed by atoms with Gasteiger partial charge in [0.25, 0.3) is 5.91 Å². The normalized spacial score (nSPS) is 12.1. The Balaban J connectivity index is 5.05. The van der Waals surface area contributed by atoms with E-state index >= 15 is 0 Å². The van der Waals surface area contributed by atoms with E-state index in [1.165, 1.54) is 6.08 Å². The molecule has 0 atom stereocenters.